The number of benzene rings is 2. The third-order valence-corrected chi connectivity index (χ3v) is 5.01. The highest BCUT2D eigenvalue weighted by atomic mass is 16.5. The molecule has 4 N–H and O–H groups in total. The maximum absolute atomic E-state index is 13.1. The van der Waals surface area contributed by atoms with Crippen LogP contribution in [0, 0.1) is 0 Å². The van der Waals surface area contributed by atoms with Gasteiger partial charge in [0.05, 0.1) is 6.61 Å². The third kappa shape index (κ3) is 3.16. The average molecular weight is 394 g/mol. The third-order valence-electron chi connectivity index (χ3n) is 5.01. The van der Waals surface area contributed by atoms with E-state index in [1.807, 2.05) is 0 Å². The summed E-state index contributed by atoms with van der Waals surface area (Å²) in [4.78, 5) is 50.0. The first kappa shape index (κ1) is 18.5. The van der Waals surface area contributed by atoms with Crippen molar-refractivity contribution in [1.29, 1.82) is 0 Å². The predicted molar refractivity (Wildman–Crippen MR) is 102 cm³/mol. The molecule has 0 aromatic heterocycles. The Kier molecular flexibility index (Phi) is 4.42. The van der Waals surface area contributed by atoms with Gasteiger partial charge in [0.2, 0.25) is 11.8 Å². The molecule has 1 atom stereocenters. The Morgan fingerprint density at radius 1 is 1.14 bits per heavy atom. The summed E-state index contributed by atoms with van der Waals surface area (Å²) in [6.45, 7) is -0.164. The number of ether oxygens (including phenoxy) is 1. The molecule has 1 spiro atoms. The number of nitrogens with one attached hydrogen (secondary N) is 2. The van der Waals surface area contributed by atoms with E-state index in [9.17, 15) is 19.2 Å². The highest BCUT2D eigenvalue weighted by Crippen LogP contribution is 2.40. The van der Waals surface area contributed by atoms with E-state index in [-0.39, 0.29) is 13.0 Å². The summed E-state index contributed by atoms with van der Waals surface area (Å²) >= 11 is 0. The lowest BCUT2D eigenvalue weighted by Gasteiger charge is -2.33. The molecule has 29 heavy (non-hydrogen) atoms. The molecule has 4 rings (SSSR count). The van der Waals surface area contributed by atoms with Crippen LogP contribution in [-0.4, -0.2) is 41.8 Å². The first-order chi connectivity index (χ1) is 13.9. The lowest BCUT2D eigenvalue weighted by Crippen LogP contribution is -2.48. The Morgan fingerprint density at radius 2 is 1.86 bits per heavy atom. The summed E-state index contributed by atoms with van der Waals surface area (Å²) in [5.41, 5.74) is 5.25. The summed E-state index contributed by atoms with van der Waals surface area (Å²) in [7, 11) is 0. The first-order valence-electron chi connectivity index (χ1n) is 8.97. The molecule has 2 heterocycles. The molecule has 0 aliphatic carbocycles. The molecular weight excluding hydrogens is 376 g/mol. The Morgan fingerprint density at radius 3 is 2.59 bits per heavy atom. The quantitative estimate of drug-likeness (QED) is 0.665. The van der Waals surface area contributed by atoms with E-state index < -0.39 is 35.8 Å². The highest BCUT2D eigenvalue weighted by molar-refractivity contribution is 6.10. The first-order valence-corrected chi connectivity index (χ1v) is 8.97. The van der Waals surface area contributed by atoms with Crippen LogP contribution >= 0.6 is 0 Å². The standard InChI is InChI=1S/C20H18N4O5/c21-17(26)12-5-7-13(8-6-12)22-16(25)11-24-18(27)20(23-19(24)28)9-10-29-15-4-2-1-3-14(15)20/h1-8H,9-11H2,(H2,21,26)(H,22,25)(H,23,28). The van der Waals surface area contributed by atoms with E-state index in [1.54, 1.807) is 24.3 Å². The number of rotatable bonds is 4. The number of anilines is 1. The second kappa shape index (κ2) is 6.93. The predicted octanol–water partition coefficient (Wildman–Crippen LogP) is 0.954. The molecule has 0 saturated carbocycles. The number of para-hydroxylation sites is 1. The van der Waals surface area contributed by atoms with E-state index in [1.165, 1.54) is 24.3 Å². The summed E-state index contributed by atoms with van der Waals surface area (Å²) < 4.78 is 5.58. The summed E-state index contributed by atoms with van der Waals surface area (Å²) in [6.07, 6.45) is 0.279. The smallest absolute Gasteiger partial charge is 0.325 e. The van der Waals surface area contributed by atoms with Gasteiger partial charge >= 0.3 is 6.03 Å². The van der Waals surface area contributed by atoms with Crippen LogP contribution in [0.3, 0.4) is 0 Å². The summed E-state index contributed by atoms with van der Waals surface area (Å²) in [5, 5.41) is 5.34. The number of primary amides is 1. The topological polar surface area (TPSA) is 131 Å². The molecule has 1 fully saturated rings. The van der Waals surface area contributed by atoms with Crippen molar-refractivity contribution in [3.8, 4) is 5.75 Å². The van der Waals surface area contributed by atoms with Crippen LogP contribution < -0.4 is 21.1 Å². The number of nitrogens with two attached hydrogens (primary N) is 1. The second-order valence-electron chi connectivity index (χ2n) is 6.81. The fraction of sp³-hybridized carbons (Fsp3) is 0.200. The minimum absolute atomic E-state index is 0.273. The molecule has 2 aromatic carbocycles. The van der Waals surface area contributed by atoms with E-state index in [4.69, 9.17) is 10.5 Å². The monoisotopic (exact) mass is 394 g/mol. The lowest BCUT2D eigenvalue weighted by atomic mass is 9.84. The molecule has 1 unspecified atom stereocenters. The molecule has 2 aliphatic heterocycles. The van der Waals surface area contributed by atoms with Crippen molar-refractivity contribution in [3.05, 3.63) is 59.7 Å². The van der Waals surface area contributed by atoms with Gasteiger partial charge in [-0.3, -0.25) is 19.3 Å². The molecule has 5 amide bonds. The number of nitrogens with zero attached hydrogens (tertiary/aromatic N) is 1. The summed E-state index contributed by atoms with van der Waals surface area (Å²) in [5.74, 6) is -1.08. The molecule has 0 radical (unpaired) electrons. The molecule has 148 valence electrons. The largest absolute Gasteiger partial charge is 0.493 e. The van der Waals surface area contributed by atoms with Gasteiger partial charge in [-0.2, -0.15) is 0 Å². The van der Waals surface area contributed by atoms with Gasteiger partial charge in [-0.25, -0.2) is 4.79 Å². The number of carbonyl (C=O) groups excluding carboxylic acids is 4. The zero-order chi connectivity index (χ0) is 20.6. The number of urea groups is 1. The van der Waals surface area contributed by atoms with Crippen molar-refractivity contribution in [2.75, 3.05) is 18.5 Å². The Labute approximate surface area is 165 Å². The highest BCUT2D eigenvalue weighted by Gasteiger charge is 2.55. The van der Waals surface area contributed by atoms with Gasteiger partial charge in [0.1, 0.15) is 12.3 Å². The minimum Gasteiger partial charge on any atom is -0.493 e. The van der Waals surface area contributed by atoms with E-state index in [0.717, 1.165) is 4.90 Å². The van der Waals surface area contributed by atoms with Crippen LogP contribution in [-0.2, 0) is 15.1 Å². The van der Waals surface area contributed by atoms with Crippen LogP contribution in [0.1, 0.15) is 22.3 Å². The van der Waals surface area contributed by atoms with Crippen molar-refractivity contribution in [2.45, 2.75) is 12.0 Å². The SMILES string of the molecule is NC(=O)c1ccc(NC(=O)CN2C(=O)NC3(CCOc4ccccc43)C2=O)cc1. The van der Waals surface area contributed by atoms with Gasteiger partial charge in [0.15, 0.2) is 5.54 Å². The van der Waals surface area contributed by atoms with Gasteiger partial charge in [-0.15, -0.1) is 0 Å². The van der Waals surface area contributed by atoms with E-state index in [0.29, 0.717) is 22.6 Å². The zero-order valence-electron chi connectivity index (χ0n) is 15.3. The van der Waals surface area contributed by atoms with Crippen LogP contribution in [0.2, 0.25) is 0 Å². The van der Waals surface area contributed by atoms with Gasteiger partial charge in [0, 0.05) is 23.2 Å². The molecule has 9 heteroatoms. The normalized spacial score (nSPS) is 20.1. The molecule has 9 nitrogen and oxygen atoms in total. The Hall–Kier alpha value is -3.88. The second-order valence-corrected chi connectivity index (χ2v) is 6.81. The number of fused-ring (bicyclic) bond motifs is 2. The van der Waals surface area contributed by atoms with Crippen molar-refractivity contribution >= 4 is 29.4 Å². The van der Waals surface area contributed by atoms with Crippen LogP contribution in [0.4, 0.5) is 10.5 Å². The van der Waals surface area contributed by atoms with Crippen molar-refractivity contribution in [1.82, 2.24) is 10.2 Å². The molecule has 0 bridgehead atoms. The fourth-order valence-electron chi connectivity index (χ4n) is 3.58. The van der Waals surface area contributed by atoms with Crippen molar-refractivity contribution in [2.24, 2.45) is 5.73 Å². The van der Waals surface area contributed by atoms with E-state index in [2.05, 4.69) is 10.6 Å². The van der Waals surface area contributed by atoms with Crippen LogP contribution in [0.5, 0.6) is 5.75 Å². The maximum Gasteiger partial charge on any atom is 0.325 e. The Bertz CT molecular complexity index is 1020. The number of imide groups is 1. The molecule has 2 aliphatic rings. The van der Waals surface area contributed by atoms with Crippen molar-refractivity contribution < 1.29 is 23.9 Å². The molecule has 2 aromatic rings. The molecule has 1 saturated heterocycles. The van der Waals surface area contributed by atoms with Gasteiger partial charge < -0.3 is 21.1 Å². The Balaban J connectivity index is 1.50. The lowest BCUT2D eigenvalue weighted by molar-refractivity contribution is -0.135. The van der Waals surface area contributed by atoms with E-state index >= 15 is 0 Å². The number of hydrogen-bond acceptors (Lipinski definition) is 5. The average Bonchev–Trinajstić information content (AvgIpc) is 2.93. The summed E-state index contributed by atoms with van der Waals surface area (Å²) in [6, 6.07) is 12.4. The van der Waals surface area contributed by atoms with Gasteiger partial charge in [0.25, 0.3) is 5.91 Å². The zero-order valence-corrected chi connectivity index (χ0v) is 15.3. The fourth-order valence-corrected chi connectivity index (χ4v) is 3.58. The number of hydrogen-bond donors (Lipinski definition) is 3. The van der Waals surface area contributed by atoms with Gasteiger partial charge in [-0.05, 0) is 30.3 Å². The van der Waals surface area contributed by atoms with Crippen LogP contribution in [0.25, 0.3) is 0 Å². The number of amides is 5. The number of carbonyl (C=O) groups is 4. The molecular formula is C20H18N4O5. The minimum atomic E-state index is -1.23. The van der Waals surface area contributed by atoms with Gasteiger partial charge in [-0.1, -0.05) is 18.2 Å². The van der Waals surface area contributed by atoms with Crippen molar-refractivity contribution in [3.63, 3.8) is 0 Å². The van der Waals surface area contributed by atoms with Crippen LogP contribution in [0.15, 0.2) is 48.5 Å². The maximum atomic E-state index is 13.1.